The Morgan fingerprint density at radius 3 is 2.52 bits per heavy atom. The maximum Gasteiger partial charge on any atom is 0.257 e. The number of ether oxygens (including phenoxy) is 1. The Hall–Kier alpha value is -2.27. The number of piperidine rings is 1. The van der Waals surface area contributed by atoms with Crippen LogP contribution in [0.5, 0.6) is 5.75 Å². The zero-order valence-electron chi connectivity index (χ0n) is 16.1. The van der Waals surface area contributed by atoms with E-state index >= 15 is 0 Å². The number of likely N-dealkylation sites (tertiary alicyclic amines) is 2. The molecule has 0 saturated carbocycles. The van der Waals surface area contributed by atoms with Crippen LogP contribution in [-0.2, 0) is 0 Å². The third-order valence-corrected chi connectivity index (χ3v) is 5.93. The molecular weight excluding hydrogens is 340 g/mol. The van der Waals surface area contributed by atoms with Gasteiger partial charge in [-0.3, -0.25) is 9.69 Å². The molecule has 3 heterocycles. The summed E-state index contributed by atoms with van der Waals surface area (Å²) in [4.78, 5) is 17.0. The van der Waals surface area contributed by atoms with Gasteiger partial charge in [0.15, 0.2) is 0 Å². The summed E-state index contributed by atoms with van der Waals surface area (Å²) in [6, 6.07) is 12.8. The van der Waals surface area contributed by atoms with E-state index < -0.39 is 0 Å². The fourth-order valence-electron chi connectivity index (χ4n) is 4.44. The summed E-state index contributed by atoms with van der Waals surface area (Å²) in [5.74, 6) is 1.58. The molecule has 2 aliphatic rings. The lowest BCUT2D eigenvalue weighted by Gasteiger charge is -2.54. The Morgan fingerprint density at radius 1 is 1.15 bits per heavy atom. The molecule has 1 amide bonds. The zero-order chi connectivity index (χ0) is 18.8. The van der Waals surface area contributed by atoms with Gasteiger partial charge >= 0.3 is 0 Å². The first-order valence-corrected chi connectivity index (χ1v) is 9.92. The highest BCUT2D eigenvalue weighted by Crippen LogP contribution is 2.36. The molecule has 2 aliphatic heterocycles. The molecule has 1 aromatic heterocycles. The highest BCUT2D eigenvalue weighted by molar-refractivity contribution is 5.93. The van der Waals surface area contributed by atoms with Crippen LogP contribution in [0.4, 0.5) is 0 Å². The van der Waals surface area contributed by atoms with Crippen molar-refractivity contribution in [2.45, 2.75) is 44.9 Å². The number of carbonyl (C=O) groups excluding carboxylic acids is 1. The van der Waals surface area contributed by atoms with Crippen molar-refractivity contribution in [3.63, 3.8) is 0 Å². The van der Waals surface area contributed by atoms with Crippen molar-refractivity contribution in [1.29, 1.82) is 0 Å². The Bertz CT molecular complexity index is 736. The number of carbonyl (C=O) groups is 1. The van der Waals surface area contributed by atoms with Crippen LogP contribution in [0.2, 0.25) is 0 Å². The number of hydrogen-bond donors (Lipinski definition) is 0. The molecule has 0 bridgehead atoms. The maximum atomic E-state index is 12.5. The molecule has 0 radical (unpaired) electrons. The standard InChI is InChI=1S/C22H28N2O3/c1-16(2)24-14-20(27-19-6-4-3-5-7-19)21(24)17-8-11-23(12-9-17)22(25)18-10-13-26-15-18/h3-7,10,13,15-17,20-21H,8-9,11-12,14H2,1-2H3/t20-,21-/m0/s1. The summed E-state index contributed by atoms with van der Waals surface area (Å²) in [6.07, 6.45) is 5.36. The highest BCUT2D eigenvalue weighted by Gasteiger charge is 2.47. The summed E-state index contributed by atoms with van der Waals surface area (Å²) in [7, 11) is 0. The topological polar surface area (TPSA) is 45.9 Å². The molecule has 0 unspecified atom stereocenters. The zero-order valence-corrected chi connectivity index (χ0v) is 16.1. The van der Waals surface area contributed by atoms with Crippen LogP contribution in [0, 0.1) is 5.92 Å². The summed E-state index contributed by atoms with van der Waals surface area (Å²) < 4.78 is 11.3. The molecule has 0 spiro atoms. The Balaban J connectivity index is 1.39. The molecule has 2 atom stereocenters. The van der Waals surface area contributed by atoms with E-state index in [-0.39, 0.29) is 12.0 Å². The molecule has 0 aliphatic carbocycles. The molecule has 2 fully saturated rings. The molecule has 5 nitrogen and oxygen atoms in total. The average Bonchev–Trinajstić information content (AvgIpc) is 3.20. The van der Waals surface area contributed by atoms with Gasteiger partial charge in [-0.05, 0) is 50.8 Å². The van der Waals surface area contributed by atoms with Gasteiger partial charge in [-0.25, -0.2) is 0 Å². The number of hydrogen-bond acceptors (Lipinski definition) is 4. The minimum Gasteiger partial charge on any atom is -0.487 e. The number of amides is 1. The summed E-state index contributed by atoms with van der Waals surface area (Å²) in [5, 5.41) is 0. The van der Waals surface area contributed by atoms with Crippen LogP contribution in [0.1, 0.15) is 37.0 Å². The number of furan rings is 1. The second-order valence-corrected chi connectivity index (χ2v) is 7.89. The van der Waals surface area contributed by atoms with Crippen molar-refractivity contribution >= 4 is 5.91 Å². The molecule has 0 N–H and O–H groups in total. The van der Waals surface area contributed by atoms with Gasteiger partial charge in [-0.1, -0.05) is 18.2 Å². The first kappa shape index (κ1) is 18.1. The number of para-hydroxylation sites is 1. The van der Waals surface area contributed by atoms with Crippen LogP contribution in [0.15, 0.2) is 53.3 Å². The molecule has 2 aromatic rings. The van der Waals surface area contributed by atoms with Crippen molar-refractivity contribution in [2.75, 3.05) is 19.6 Å². The van der Waals surface area contributed by atoms with Gasteiger partial charge in [0.05, 0.1) is 17.9 Å². The summed E-state index contributed by atoms with van der Waals surface area (Å²) >= 11 is 0. The fraction of sp³-hybridized carbons (Fsp3) is 0.500. The molecule has 2 saturated heterocycles. The van der Waals surface area contributed by atoms with Crippen molar-refractivity contribution < 1.29 is 13.9 Å². The van der Waals surface area contributed by atoms with Crippen LogP contribution >= 0.6 is 0 Å². The largest absolute Gasteiger partial charge is 0.487 e. The average molecular weight is 368 g/mol. The van der Waals surface area contributed by atoms with Gasteiger partial charge in [-0.2, -0.15) is 0 Å². The van der Waals surface area contributed by atoms with E-state index in [0.717, 1.165) is 38.2 Å². The first-order chi connectivity index (χ1) is 13.1. The van der Waals surface area contributed by atoms with Crippen LogP contribution < -0.4 is 4.74 Å². The van der Waals surface area contributed by atoms with E-state index in [9.17, 15) is 4.79 Å². The van der Waals surface area contributed by atoms with Crippen LogP contribution in [-0.4, -0.2) is 53.5 Å². The lowest BCUT2D eigenvalue weighted by Crippen LogP contribution is -2.68. The lowest BCUT2D eigenvalue weighted by atomic mass is 9.79. The fourth-order valence-corrected chi connectivity index (χ4v) is 4.44. The number of benzene rings is 1. The van der Waals surface area contributed by atoms with E-state index in [2.05, 4.69) is 18.7 Å². The highest BCUT2D eigenvalue weighted by atomic mass is 16.5. The van der Waals surface area contributed by atoms with E-state index in [0.29, 0.717) is 23.6 Å². The molecule has 27 heavy (non-hydrogen) atoms. The van der Waals surface area contributed by atoms with Crippen molar-refractivity contribution in [2.24, 2.45) is 5.92 Å². The quantitative estimate of drug-likeness (QED) is 0.808. The predicted molar refractivity (Wildman–Crippen MR) is 104 cm³/mol. The Kier molecular flexibility index (Phi) is 5.21. The van der Waals surface area contributed by atoms with E-state index in [1.54, 1.807) is 12.3 Å². The number of rotatable bonds is 5. The monoisotopic (exact) mass is 368 g/mol. The maximum absolute atomic E-state index is 12.5. The van der Waals surface area contributed by atoms with E-state index in [1.165, 1.54) is 6.26 Å². The van der Waals surface area contributed by atoms with Crippen molar-refractivity contribution in [1.82, 2.24) is 9.80 Å². The second-order valence-electron chi connectivity index (χ2n) is 7.89. The smallest absolute Gasteiger partial charge is 0.257 e. The number of nitrogens with zero attached hydrogens (tertiary/aromatic N) is 2. The molecule has 5 heteroatoms. The molecule has 4 rings (SSSR count). The Labute approximate surface area is 160 Å². The SMILES string of the molecule is CC(C)N1C[C@H](Oc2ccccc2)[C@@H]1C1CCN(C(=O)c2ccoc2)CC1. The molecule has 144 valence electrons. The van der Waals surface area contributed by atoms with Gasteiger partial charge in [0.25, 0.3) is 5.91 Å². The van der Waals surface area contributed by atoms with Gasteiger partial charge in [-0.15, -0.1) is 0 Å². The lowest BCUT2D eigenvalue weighted by molar-refractivity contribution is -0.0983. The van der Waals surface area contributed by atoms with Gasteiger partial charge in [0, 0.05) is 25.7 Å². The molecule has 1 aromatic carbocycles. The second kappa shape index (κ2) is 7.77. The van der Waals surface area contributed by atoms with Crippen LogP contribution in [0.3, 0.4) is 0 Å². The minimum atomic E-state index is 0.0774. The predicted octanol–water partition coefficient (Wildman–Crippen LogP) is 3.67. The minimum absolute atomic E-state index is 0.0774. The van der Waals surface area contributed by atoms with Crippen molar-refractivity contribution in [3.8, 4) is 5.75 Å². The molecular formula is C22H28N2O3. The van der Waals surface area contributed by atoms with Gasteiger partial charge in [0.2, 0.25) is 0 Å². The van der Waals surface area contributed by atoms with Crippen LogP contribution in [0.25, 0.3) is 0 Å². The van der Waals surface area contributed by atoms with Gasteiger partial charge < -0.3 is 14.1 Å². The van der Waals surface area contributed by atoms with E-state index in [1.807, 2.05) is 35.2 Å². The Morgan fingerprint density at radius 2 is 1.89 bits per heavy atom. The normalized spacial score (nSPS) is 24.0. The van der Waals surface area contributed by atoms with Gasteiger partial charge in [0.1, 0.15) is 18.1 Å². The summed E-state index contributed by atoms with van der Waals surface area (Å²) in [5.41, 5.74) is 0.645. The van der Waals surface area contributed by atoms with Crippen molar-refractivity contribution in [3.05, 3.63) is 54.5 Å². The third-order valence-electron chi connectivity index (χ3n) is 5.93. The first-order valence-electron chi connectivity index (χ1n) is 9.92. The summed E-state index contributed by atoms with van der Waals surface area (Å²) in [6.45, 7) is 7.09. The third kappa shape index (κ3) is 3.74. The van der Waals surface area contributed by atoms with E-state index in [4.69, 9.17) is 9.15 Å².